The van der Waals surface area contributed by atoms with Gasteiger partial charge in [-0.1, -0.05) is 92.5 Å². The Morgan fingerprint density at radius 3 is 1.33 bits per heavy atom. The van der Waals surface area contributed by atoms with E-state index < -0.39 is 0 Å². The van der Waals surface area contributed by atoms with Crippen LogP contribution in [0.4, 0.5) is 0 Å². The highest BCUT2D eigenvalue weighted by molar-refractivity contribution is 9.10. The topological polar surface area (TPSA) is 59.1 Å². The highest BCUT2D eigenvalue weighted by atomic mass is 79.9. The Kier molecular flexibility index (Phi) is 11.6. The van der Waals surface area contributed by atoms with Crippen molar-refractivity contribution in [2.24, 2.45) is 0 Å². The van der Waals surface area contributed by atoms with Gasteiger partial charge in [-0.15, -0.1) is 0 Å². The maximum absolute atomic E-state index is 13.4. The van der Waals surface area contributed by atoms with Crippen molar-refractivity contribution < 1.29 is 19.1 Å². The average Bonchev–Trinajstić information content (AvgIpc) is 3.00. The van der Waals surface area contributed by atoms with E-state index in [4.69, 9.17) is 9.47 Å². The summed E-state index contributed by atoms with van der Waals surface area (Å²) in [6.45, 7) is 5.23. The Bertz CT molecular complexity index is 1370. The van der Waals surface area contributed by atoms with Crippen LogP contribution < -0.4 is 9.47 Å². The van der Waals surface area contributed by atoms with Crippen LogP contribution in [-0.2, 0) is 22.7 Å². The van der Waals surface area contributed by atoms with Crippen molar-refractivity contribution in [1.82, 2.24) is 9.80 Å². The Morgan fingerprint density at radius 1 is 0.595 bits per heavy atom. The molecule has 4 aromatic carbocycles. The molecule has 0 N–H and O–H groups in total. The summed E-state index contributed by atoms with van der Waals surface area (Å²) in [7, 11) is 0. The summed E-state index contributed by atoms with van der Waals surface area (Å²) in [5, 5.41) is 0. The van der Waals surface area contributed by atoms with Gasteiger partial charge in [-0.2, -0.15) is 0 Å². The second-order valence-corrected chi connectivity index (χ2v) is 11.7. The first-order valence-electron chi connectivity index (χ1n) is 13.7. The summed E-state index contributed by atoms with van der Waals surface area (Å²) >= 11 is 6.99. The zero-order valence-corrected chi connectivity index (χ0v) is 26.9. The fourth-order valence-electron chi connectivity index (χ4n) is 4.32. The molecule has 0 aliphatic heterocycles. The number of hydrogen-bond acceptors (Lipinski definition) is 4. The largest absolute Gasteiger partial charge is 0.484 e. The molecule has 0 aromatic heterocycles. The molecule has 0 bridgehead atoms. The molecule has 8 heteroatoms. The molecule has 0 fully saturated rings. The summed E-state index contributed by atoms with van der Waals surface area (Å²) in [6, 6.07) is 30.9. The smallest absolute Gasteiger partial charge is 0.260 e. The maximum atomic E-state index is 13.4. The SMILES string of the molecule is Cc1cc(OCC(=O)N(CCN(Cc2ccccc2)C(=O)COc2ccc(Br)c(C)c2)Cc2ccccc2)ccc1Br. The predicted molar refractivity (Wildman–Crippen MR) is 172 cm³/mol. The zero-order chi connectivity index (χ0) is 29.9. The molecule has 2 amide bonds. The van der Waals surface area contributed by atoms with Gasteiger partial charge in [-0.25, -0.2) is 0 Å². The fourth-order valence-corrected chi connectivity index (χ4v) is 4.81. The Hall–Kier alpha value is -3.62. The maximum Gasteiger partial charge on any atom is 0.260 e. The van der Waals surface area contributed by atoms with Crippen LogP contribution in [0.2, 0.25) is 0 Å². The van der Waals surface area contributed by atoms with Crippen LogP contribution in [-0.4, -0.2) is 47.9 Å². The molecule has 4 rings (SSSR count). The van der Waals surface area contributed by atoms with Crippen molar-refractivity contribution in [2.75, 3.05) is 26.3 Å². The highest BCUT2D eigenvalue weighted by Crippen LogP contribution is 2.23. The molecular weight excluding hydrogens is 660 g/mol. The first-order chi connectivity index (χ1) is 20.3. The molecule has 0 saturated heterocycles. The summed E-state index contributed by atoms with van der Waals surface area (Å²) in [5.74, 6) is 0.941. The van der Waals surface area contributed by atoms with E-state index in [2.05, 4.69) is 31.9 Å². The molecule has 0 atom stereocenters. The van der Waals surface area contributed by atoms with Crippen LogP contribution in [0.5, 0.6) is 11.5 Å². The second-order valence-electron chi connectivity index (χ2n) is 10.0. The lowest BCUT2D eigenvalue weighted by Crippen LogP contribution is -2.43. The van der Waals surface area contributed by atoms with Crippen molar-refractivity contribution in [3.63, 3.8) is 0 Å². The molecule has 0 unspecified atom stereocenters. The monoisotopic (exact) mass is 692 g/mol. The second kappa shape index (κ2) is 15.6. The van der Waals surface area contributed by atoms with E-state index in [0.717, 1.165) is 31.2 Å². The van der Waals surface area contributed by atoms with Gasteiger partial charge in [0.2, 0.25) is 0 Å². The van der Waals surface area contributed by atoms with Gasteiger partial charge >= 0.3 is 0 Å². The van der Waals surface area contributed by atoms with Crippen molar-refractivity contribution in [3.05, 3.63) is 128 Å². The Labute approximate surface area is 264 Å². The number of rotatable bonds is 13. The lowest BCUT2D eigenvalue weighted by Gasteiger charge is -2.28. The van der Waals surface area contributed by atoms with Gasteiger partial charge in [0, 0.05) is 35.1 Å². The molecule has 4 aromatic rings. The zero-order valence-electron chi connectivity index (χ0n) is 23.8. The van der Waals surface area contributed by atoms with E-state index >= 15 is 0 Å². The van der Waals surface area contributed by atoms with Crippen molar-refractivity contribution in [1.29, 1.82) is 0 Å². The van der Waals surface area contributed by atoms with Crippen molar-refractivity contribution in [2.45, 2.75) is 26.9 Å². The highest BCUT2D eigenvalue weighted by Gasteiger charge is 2.20. The predicted octanol–water partition coefficient (Wildman–Crippen LogP) is 7.34. The number of hydrogen-bond donors (Lipinski definition) is 0. The Balaban J connectivity index is 1.46. The van der Waals surface area contributed by atoms with Gasteiger partial charge in [0.05, 0.1) is 0 Å². The number of nitrogens with zero attached hydrogens (tertiary/aromatic N) is 2. The number of aryl methyl sites for hydroxylation is 2. The molecule has 0 heterocycles. The third kappa shape index (κ3) is 9.46. The van der Waals surface area contributed by atoms with Gasteiger partial charge in [-0.05, 0) is 72.5 Å². The quantitative estimate of drug-likeness (QED) is 0.147. The molecule has 42 heavy (non-hydrogen) atoms. The molecule has 0 aliphatic rings. The van der Waals surface area contributed by atoms with Gasteiger partial charge in [0.15, 0.2) is 13.2 Å². The van der Waals surface area contributed by atoms with E-state index in [1.54, 1.807) is 9.80 Å². The summed E-state index contributed by atoms with van der Waals surface area (Å²) < 4.78 is 13.7. The van der Waals surface area contributed by atoms with Gasteiger partial charge in [0.1, 0.15) is 11.5 Å². The minimum absolute atomic E-state index is 0.105. The average molecular weight is 694 g/mol. The minimum Gasteiger partial charge on any atom is -0.484 e. The molecule has 6 nitrogen and oxygen atoms in total. The first-order valence-corrected chi connectivity index (χ1v) is 15.3. The van der Waals surface area contributed by atoms with Crippen LogP contribution >= 0.6 is 31.9 Å². The molecule has 0 aliphatic carbocycles. The lowest BCUT2D eigenvalue weighted by atomic mass is 10.2. The van der Waals surface area contributed by atoms with Crippen molar-refractivity contribution >= 4 is 43.7 Å². The van der Waals surface area contributed by atoms with Gasteiger partial charge in [-0.3, -0.25) is 9.59 Å². The van der Waals surface area contributed by atoms with Crippen LogP contribution in [0.3, 0.4) is 0 Å². The summed E-state index contributed by atoms with van der Waals surface area (Å²) in [5.41, 5.74) is 4.05. The molecule has 0 spiro atoms. The Morgan fingerprint density at radius 2 is 0.976 bits per heavy atom. The van der Waals surface area contributed by atoms with E-state index in [1.165, 1.54) is 0 Å². The summed E-state index contributed by atoms with van der Waals surface area (Å²) in [6.07, 6.45) is 0. The van der Waals surface area contributed by atoms with E-state index in [9.17, 15) is 9.59 Å². The normalized spacial score (nSPS) is 10.7. The van der Waals surface area contributed by atoms with Gasteiger partial charge < -0.3 is 19.3 Å². The number of amides is 2. The van der Waals surface area contributed by atoms with Crippen LogP contribution in [0.15, 0.2) is 106 Å². The third-order valence-electron chi connectivity index (χ3n) is 6.76. The third-order valence-corrected chi connectivity index (χ3v) is 8.54. The van der Waals surface area contributed by atoms with E-state index in [0.29, 0.717) is 37.7 Å². The van der Waals surface area contributed by atoms with Crippen LogP contribution in [0, 0.1) is 13.8 Å². The van der Waals surface area contributed by atoms with Gasteiger partial charge in [0.25, 0.3) is 11.8 Å². The molecular formula is C34H34Br2N2O4. The van der Waals surface area contributed by atoms with Crippen molar-refractivity contribution in [3.8, 4) is 11.5 Å². The molecule has 0 radical (unpaired) electrons. The number of halogens is 2. The number of carbonyl (C=O) groups excluding carboxylic acids is 2. The van der Waals surface area contributed by atoms with E-state index in [1.807, 2.05) is 111 Å². The number of ether oxygens (including phenoxy) is 2. The van der Waals surface area contributed by atoms with Crippen LogP contribution in [0.25, 0.3) is 0 Å². The summed E-state index contributed by atoms with van der Waals surface area (Å²) in [4.78, 5) is 30.4. The first kappa shape index (κ1) is 31.3. The number of carbonyl (C=O) groups is 2. The van der Waals surface area contributed by atoms with Crippen LogP contribution in [0.1, 0.15) is 22.3 Å². The molecule has 218 valence electrons. The minimum atomic E-state index is -0.159. The lowest BCUT2D eigenvalue weighted by molar-refractivity contribution is -0.138. The standard InChI is InChI=1S/C34H34Br2N2O4/c1-25-19-29(13-15-31(25)35)41-23-33(39)37(21-27-9-5-3-6-10-27)17-18-38(22-28-11-7-4-8-12-28)34(40)24-42-30-14-16-32(36)26(2)20-30/h3-16,19-20H,17-18,21-24H2,1-2H3. The number of benzene rings is 4. The fraction of sp³-hybridized carbons (Fsp3) is 0.235. The van der Waals surface area contributed by atoms with E-state index in [-0.39, 0.29) is 25.0 Å². The molecule has 0 saturated carbocycles.